The van der Waals surface area contributed by atoms with Crippen LogP contribution < -0.4 is 9.64 Å². The highest BCUT2D eigenvalue weighted by Gasteiger charge is 2.26. The summed E-state index contributed by atoms with van der Waals surface area (Å²) in [5.74, 6) is 1.60. The van der Waals surface area contributed by atoms with E-state index >= 15 is 0 Å². The van der Waals surface area contributed by atoms with Gasteiger partial charge in [-0.1, -0.05) is 11.6 Å². The van der Waals surface area contributed by atoms with Crippen molar-refractivity contribution in [3.63, 3.8) is 0 Å². The number of pyridine rings is 2. The van der Waals surface area contributed by atoms with Crippen LogP contribution in [-0.2, 0) is 4.74 Å². The molecule has 3 aromatic rings. The van der Waals surface area contributed by atoms with Gasteiger partial charge in [0.05, 0.1) is 23.3 Å². The van der Waals surface area contributed by atoms with E-state index in [9.17, 15) is 4.79 Å². The number of anilines is 1. The summed E-state index contributed by atoms with van der Waals surface area (Å²) in [5.41, 5.74) is 1.92. The Hall–Kier alpha value is -3.06. The van der Waals surface area contributed by atoms with E-state index in [1.54, 1.807) is 18.2 Å². The van der Waals surface area contributed by atoms with E-state index in [2.05, 4.69) is 9.88 Å². The van der Waals surface area contributed by atoms with Crippen molar-refractivity contribution in [3.05, 3.63) is 47.6 Å². The highest BCUT2D eigenvalue weighted by atomic mass is 35.5. The van der Waals surface area contributed by atoms with Gasteiger partial charge in [-0.2, -0.15) is 0 Å². The van der Waals surface area contributed by atoms with Gasteiger partial charge < -0.3 is 19.3 Å². The Balaban J connectivity index is 1.47. The first-order valence-electron chi connectivity index (χ1n) is 10.6. The van der Waals surface area contributed by atoms with Crippen molar-refractivity contribution in [2.24, 2.45) is 0 Å². The van der Waals surface area contributed by atoms with E-state index in [-0.39, 0.29) is 6.09 Å². The second-order valence-electron chi connectivity index (χ2n) is 8.73. The lowest BCUT2D eigenvalue weighted by atomic mass is 10.1. The van der Waals surface area contributed by atoms with Gasteiger partial charge in [0.25, 0.3) is 0 Å². The lowest BCUT2D eigenvalue weighted by molar-refractivity contribution is 0.0240. The SMILES string of the molecule is COc1ccc2c(Cl)cc(-c3ccc(N4CCN(C(=O)OC(C)(C)C)CC4)nc3)nc2c1. The van der Waals surface area contributed by atoms with Crippen molar-refractivity contribution < 1.29 is 14.3 Å². The van der Waals surface area contributed by atoms with E-state index in [1.807, 2.05) is 57.2 Å². The van der Waals surface area contributed by atoms with Crippen LogP contribution in [0.1, 0.15) is 20.8 Å². The van der Waals surface area contributed by atoms with Crippen molar-refractivity contribution in [2.75, 3.05) is 38.2 Å². The number of fused-ring (bicyclic) bond motifs is 1. The number of benzene rings is 1. The Kier molecular flexibility index (Phi) is 6.11. The maximum Gasteiger partial charge on any atom is 0.410 e. The monoisotopic (exact) mass is 454 g/mol. The number of carbonyl (C=O) groups excluding carboxylic acids is 1. The second-order valence-corrected chi connectivity index (χ2v) is 9.14. The molecule has 1 amide bonds. The number of carbonyl (C=O) groups is 1. The van der Waals surface area contributed by atoms with E-state index in [0.29, 0.717) is 31.2 Å². The summed E-state index contributed by atoms with van der Waals surface area (Å²) in [4.78, 5) is 25.5. The molecule has 32 heavy (non-hydrogen) atoms. The molecular weight excluding hydrogens is 428 g/mol. The summed E-state index contributed by atoms with van der Waals surface area (Å²) in [5, 5.41) is 1.51. The maximum absolute atomic E-state index is 12.3. The molecule has 1 aliphatic heterocycles. The molecule has 1 saturated heterocycles. The molecule has 0 unspecified atom stereocenters. The number of halogens is 1. The molecule has 0 radical (unpaired) electrons. The van der Waals surface area contributed by atoms with Crippen LogP contribution in [0, 0.1) is 0 Å². The summed E-state index contributed by atoms with van der Waals surface area (Å²) in [6, 6.07) is 11.5. The molecule has 168 valence electrons. The van der Waals surface area contributed by atoms with Crippen LogP contribution in [0.3, 0.4) is 0 Å². The molecule has 0 aliphatic carbocycles. The standard InChI is InChI=1S/C24H27ClN4O3/c1-24(2,3)32-23(30)29-11-9-28(10-12-29)22-8-5-16(15-26-22)20-14-19(25)18-7-6-17(31-4)13-21(18)27-20/h5-8,13-15H,9-12H2,1-4H3. The van der Waals surface area contributed by atoms with Gasteiger partial charge in [0.15, 0.2) is 0 Å². The first kappa shape index (κ1) is 22.1. The molecule has 0 N–H and O–H groups in total. The van der Waals surface area contributed by atoms with Crippen LogP contribution in [0.5, 0.6) is 5.75 Å². The predicted octanol–water partition coefficient (Wildman–Crippen LogP) is 5.02. The van der Waals surface area contributed by atoms with Crippen molar-refractivity contribution in [3.8, 4) is 17.0 Å². The van der Waals surface area contributed by atoms with Crippen LogP contribution in [0.4, 0.5) is 10.6 Å². The molecule has 1 aromatic carbocycles. The minimum Gasteiger partial charge on any atom is -0.497 e. The third-order valence-corrected chi connectivity index (χ3v) is 5.58. The fourth-order valence-corrected chi connectivity index (χ4v) is 3.87. The van der Waals surface area contributed by atoms with Crippen molar-refractivity contribution in [1.82, 2.24) is 14.9 Å². The van der Waals surface area contributed by atoms with E-state index in [4.69, 9.17) is 26.1 Å². The minimum atomic E-state index is -0.490. The third-order valence-electron chi connectivity index (χ3n) is 5.27. The number of amides is 1. The molecule has 8 heteroatoms. The molecule has 1 aliphatic rings. The summed E-state index contributed by atoms with van der Waals surface area (Å²) < 4.78 is 10.8. The lowest BCUT2D eigenvalue weighted by Gasteiger charge is -2.36. The molecular formula is C24H27ClN4O3. The van der Waals surface area contributed by atoms with Crippen LogP contribution in [0.25, 0.3) is 22.2 Å². The molecule has 0 spiro atoms. The zero-order valence-corrected chi connectivity index (χ0v) is 19.5. The first-order valence-corrected chi connectivity index (χ1v) is 10.9. The smallest absolute Gasteiger partial charge is 0.410 e. The molecule has 2 aromatic heterocycles. The molecule has 0 saturated carbocycles. The predicted molar refractivity (Wildman–Crippen MR) is 127 cm³/mol. The second kappa shape index (κ2) is 8.82. The first-order chi connectivity index (χ1) is 15.2. The number of piperazine rings is 1. The summed E-state index contributed by atoms with van der Waals surface area (Å²) >= 11 is 6.49. The van der Waals surface area contributed by atoms with Gasteiger partial charge in [-0.05, 0) is 51.1 Å². The number of aromatic nitrogens is 2. The topological polar surface area (TPSA) is 67.8 Å². The van der Waals surface area contributed by atoms with Crippen molar-refractivity contribution in [1.29, 1.82) is 0 Å². The Bertz CT molecular complexity index is 1120. The summed E-state index contributed by atoms with van der Waals surface area (Å²) in [6.45, 7) is 8.23. The summed E-state index contributed by atoms with van der Waals surface area (Å²) in [7, 11) is 1.63. The van der Waals surface area contributed by atoms with Crippen LogP contribution in [0.15, 0.2) is 42.6 Å². The zero-order valence-electron chi connectivity index (χ0n) is 18.8. The normalized spacial score (nSPS) is 14.5. The number of hydrogen-bond donors (Lipinski definition) is 0. The number of ether oxygens (including phenoxy) is 2. The quantitative estimate of drug-likeness (QED) is 0.553. The molecule has 3 heterocycles. The summed E-state index contributed by atoms with van der Waals surface area (Å²) in [6.07, 6.45) is 1.54. The fraction of sp³-hybridized carbons (Fsp3) is 0.375. The fourth-order valence-electron chi connectivity index (χ4n) is 3.61. The number of nitrogens with zero attached hydrogens (tertiary/aromatic N) is 4. The van der Waals surface area contributed by atoms with Crippen LogP contribution in [0.2, 0.25) is 5.02 Å². The Morgan fingerprint density at radius 3 is 2.44 bits per heavy atom. The highest BCUT2D eigenvalue weighted by Crippen LogP contribution is 2.30. The molecule has 0 bridgehead atoms. The number of rotatable bonds is 3. The highest BCUT2D eigenvalue weighted by molar-refractivity contribution is 6.35. The average Bonchev–Trinajstić information content (AvgIpc) is 2.77. The van der Waals surface area contributed by atoms with Crippen molar-refractivity contribution in [2.45, 2.75) is 26.4 Å². The van der Waals surface area contributed by atoms with Crippen LogP contribution >= 0.6 is 11.6 Å². The van der Waals surface area contributed by atoms with Gasteiger partial charge >= 0.3 is 6.09 Å². The van der Waals surface area contributed by atoms with Gasteiger partial charge in [-0.15, -0.1) is 0 Å². The zero-order chi connectivity index (χ0) is 22.9. The Morgan fingerprint density at radius 2 is 1.81 bits per heavy atom. The van der Waals surface area contributed by atoms with Gasteiger partial charge in [0.1, 0.15) is 17.2 Å². The molecule has 1 fully saturated rings. The van der Waals surface area contributed by atoms with E-state index in [1.165, 1.54) is 0 Å². The Morgan fingerprint density at radius 1 is 1.06 bits per heavy atom. The molecule has 4 rings (SSSR count). The van der Waals surface area contributed by atoms with Gasteiger partial charge in [-0.3, -0.25) is 0 Å². The van der Waals surface area contributed by atoms with Crippen molar-refractivity contribution >= 4 is 34.4 Å². The Labute approximate surface area is 192 Å². The average molecular weight is 455 g/mol. The number of hydrogen-bond acceptors (Lipinski definition) is 6. The number of methoxy groups -OCH3 is 1. The van der Waals surface area contributed by atoms with E-state index in [0.717, 1.165) is 33.7 Å². The van der Waals surface area contributed by atoms with Gasteiger partial charge in [0, 0.05) is 49.4 Å². The van der Waals surface area contributed by atoms with Crippen LogP contribution in [-0.4, -0.2) is 59.9 Å². The molecule has 0 atom stereocenters. The lowest BCUT2D eigenvalue weighted by Crippen LogP contribution is -2.50. The molecule has 7 nitrogen and oxygen atoms in total. The largest absolute Gasteiger partial charge is 0.497 e. The maximum atomic E-state index is 12.3. The van der Waals surface area contributed by atoms with Gasteiger partial charge in [-0.25, -0.2) is 14.8 Å². The minimum absolute atomic E-state index is 0.267. The van der Waals surface area contributed by atoms with Gasteiger partial charge in [0.2, 0.25) is 0 Å². The third kappa shape index (κ3) is 4.88. The van der Waals surface area contributed by atoms with E-state index < -0.39 is 5.60 Å².